The van der Waals surface area contributed by atoms with Gasteiger partial charge in [0.05, 0.1) is 18.8 Å². The van der Waals surface area contributed by atoms with Crippen LogP contribution in [-0.4, -0.2) is 28.0 Å². The molecule has 0 fully saturated rings. The highest BCUT2D eigenvalue weighted by Gasteiger charge is 2.17. The molecule has 1 aromatic heterocycles. The van der Waals surface area contributed by atoms with Gasteiger partial charge in [-0.05, 0) is 13.0 Å². The lowest BCUT2D eigenvalue weighted by atomic mass is 10.1. The van der Waals surface area contributed by atoms with Gasteiger partial charge in [0.1, 0.15) is 5.82 Å². The molecule has 0 spiro atoms. The Hall–Kier alpha value is -1.07. The van der Waals surface area contributed by atoms with Gasteiger partial charge < -0.3 is 16.2 Å². The molecular weight excluding hydrogens is 168 g/mol. The molecule has 2 heterocycles. The first-order chi connectivity index (χ1) is 6.33. The molecule has 4 N–H and O–H groups in total. The lowest BCUT2D eigenvalue weighted by Gasteiger charge is -2.10. The Morgan fingerprint density at radius 2 is 2.46 bits per heavy atom. The smallest absolute Gasteiger partial charge is 0.125 e. The summed E-state index contributed by atoms with van der Waals surface area (Å²) in [6.45, 7) is 2.32. The van der Waals surface area contributed by atoms with Crippen LogP contribution in [0.2, 0.25) is 0 Å². The number of hydrogen-bond acceptors (Lipinski definition) is 4. The number of aliphatic hydroxyl groups excluding tert-OH is 1. The average molecular weight is 182 g/mol. The highest BCUT2D eigenvalue weighted by Crippen LogP contribution is 2.19. The molecule has 1 aromatic rings. The Morgan fingerprint density at radius 1 is 1.62 bits per heavy atom. The molecule has 1 aliphatic rings. The maximum absolute atomic E-state index is 8.77. The Balaban J connectivity index is 2.33. The third-order valence-corrected chi connectivity index (χ3v) is 2.33. The van der Waals surface area contributed by atoms with Gasteiger partial charge >= 0.3 is 0 Å². The quantitative estimate of drug-likeness (QED) is 0.554. The maximum Gasteiger partial charge on any atom is 0.125 e. The summed E-state index contributed by atoms with van der Waals surface area (Å²) in [6, 6.07) is 0. The number of aromatic nitrogens is 2. The molecule has 0 saturated heterocycles. The highest BCUT2D eigenvalue weighted by atomic mass is 16.3. The van der Waals surface area contributed by atoms with E-state index >= 15 is 0 Å². The van der Waals surface area contributed by atoms with Crippen LogP contribution >= 0.6 is 0 Å². The van der Waals surface area contributed by atoms with Gasteiger partial charge in [0.15, 0.2) is 0 Å². The van der Waals surface area contributed by atoms with Gasteiger partial charge in [-0.2, -0.15) is 5.10 Å². The highest BCUT2D eigenvalue weighted by molar-refractivity contribution is 5.44. The number of nitrogen functional groups attached to an aromatic ring is 1. The molecule has 72 valence electrons. The van der Waals surface area contributed by atoms with E-state index < -0.39 is 0 Å². The van der Waals surface area contributed by atoms with Crippen LogP contribution in [0.5, 0.6) is 0 Å². The number of nitrogens with zero attached hydrogens (tertiary/aromatic N) is 2. The number of fused-ring (bicyclic) bond motifs is 1. The molecule has 0 bridgehead atoms. The standard InChI is InChI=1S/C8H14N4O/c9-8-6-1-2-10-5-7(6)11-12(8)3-4-13/h10,13H,1-5,9H2. The lowest BCUT2D eigenvalue weighted by Crippen LogP contribution is -2.23. The lowest BCUT2D eigenvalue weighted by molar-refractivity contribution is 0.270. The van der Waals surface area contributed by atoms with E-state index in [-0.39, 0.29) is 6.61 Å². The van der Waals surface area contributed by atoms with Crippen LogP contribution in [0.4, 0.5) is 5.82 Å². The summed E-state index contributed by atoms with van der Waals surface area (Å²) in [5, 5.41) is 16.3. The van der Waals surface area contributed by atoms with Crippen LogP contribution in [0.1, 0.15) is 11.3 Å². The Morgan fingerprint density at radius 3 is 3.15 bits per heavy atom. The molecule has 0 radical (unpaired) electrons. The van der Waals surface area contributed by atoms with Crippen LogP contribution in [0.3, 0.4) is 0 Å². The first-order valence-electron chi connectivity index (χ1n) is 4.48. The predicted molar refractivity (Wildman–Crippen MR) is 49.1 cm³/mol. The summed E-state index contributed by atoms with van der Waals surface area (Å²) < 4.78 is 1.68. The van der Waals surface area contributed by atoms with Gasteiger partial charge in [0.2, 0.25) is 0 Å². The molecule has 5 nitrogen and oxygen atoms in total. The van der Waals surface area contributed by atoms with E-state index in [1.807, 2.05) is 0 Å². The van der Waals surface area contributed by atoms with Gasteiger partial charge in [-0.25, -0.2) is 4.68 Å². The van der Waals surface area contributed by atoms with Gasteiger partial charge in [0.25, 0.3) is 0 Å². The van der Waals surface area contributed by atoms with Crippen molar-refractivity contribution in [2.75, 3.05) is 18.9 Å². The summed E-state index contributed by atoms with van der Waals surface area (Å²) in [6.07, 6.45) is 0.937. The van der Waals surface area contributed by atoms with E-state index in [0.29, 0.717) is 12.4 Å². The van der Waals surface area contributed by atoms with E-state index in [4.69, 9.17) is 10.8 Å². The van der Waals surface area contributed by atoms with Crippen molar-refractivity contribution in [2.24, 2.45) is 0 Å². The van der Waals surface area contributed by atoms with Crippen molar-refractivity contribution in [3.8, 4) is 0 Å². The fraction of sp³-hybridized carbons (Fsp3) is 0.625. The fourth-order valence-electron chi connectivity index (χ4n) is 1.66. The Bertz CT molecular complexity index is 307. The average Bonchev–Trinajstić information content (AvgIpc) is 2.46. The van der Waals surface area contributed by atoms with Gasteiger partial charge in [-0.15, -0.1) is 0 Å². The monoisotopic (exact) mass is 182 g/mol. The largest absolute Gasteiger partial charge is 0.394 e. The van der Waals surface area contributed by atoms with E-state index in [1.54, 1.807) is 4.68 Å². The minimum atomic E-state index is 0.0815. The van der Waals surface area contributed by atoms with Crippen molar-refractivity contribution in [1.29, 1.82) is 0 Å². The van der Waals surface area contributed by atoms with E-state index in [1.165, 1.54) is 0 Å². The number of nitrogens with two attached hydrogens (primary N) is 1. The molecular formula is C8H14N4O. The summed E-state index contributed by atoms with van der Waals surface area (Å²) >= 11 is 0. The summed E-state index contributed by atoms with van der Waals surface area (Å²) in [7, 11) is 0. The third kappa shape index (κ3) is 1.40. The zero-order valence-corrected chi connectivity index (χ0v) is 7.45. The van der Waals surface area contributed by atoms with Crippen molar-refractivity contribution in [3.63, 3.8) is 0 Å². The molecule has 0 aromatic carbocycles. The number of rotatable bonds is 2. The minimum absolute atomic E-state index is 0.0815. The molecule has 0 atom stereocenters. The Labute approximate surface area is 76.5 Å². The van der Waals surface area contributed by atoms with Gasteiger partial charge in [-0.1, -0.05) is 0 Å². The van der Waals surface area contributed by atoms with Gasteiger partial charge in [-0.3, -0.25) is 0 Å². The number of nitrogens with one attached hydrogen (secondary N) is 1. The summed E-state index contributed by atoms with van der Waals surface area (Å²) in [4.78, 5) is 0. The summed E-state index contributed by atoms with van der Waals surface area (Å²) in [5.41, 5.74) is 8.04. The maximum atomic E-state index is 8.77. The van der Waals surface area contributed by atoms with Crippen LogP contribution in [0.15, 0.2) is 0 Å². The molecule has 0 amide bonds. The second-order valence-electron chi connectivity index (χ2n) is 3.18. The first kappa shape index (κ1) is 8.52. The van der Waals surface area contributed by atoms with Gasteiger partial charge in [0, 0.05) is 12.1 Å². The fourth-order valence-corrected chi connectivity index (χ4v) is 1.66. The first-order valence-corrected chi connectivity index (χ1v) is 4.48. The van der Waals surface area contributed by atoms with Crippen molar-refractivity contribution in [1.82, 2.24) is 15.1 Å². The Kier molecular flexibility index (Phi) is 2.20. The molecule has 5 heteroatoms. The van der Waals surface area contributed by atoms with E-state index in [0.717, 1.165) is 30.8 Å². The predicted octanol–water partition coefficient (Wildman–Crippen LogP) is -0.897. The van der Waals surface area contributed by atoms with Crippen LogP contribution < -0.4 is 11.1 Å². The molecule has 0 unspecified atom stereocenters. The topological polar surface area (TPSA) is 76.1 Å². The van der Waals surface area contributed by atoms with E-state index in [9.17, 15) is 0 Å². The number of anilines is 1. The minimum Gasteiger partial charge on any atom is -0.394 e. The molecule has 0 saturated carbocycles. The second-order valence-corrected chi connectivity index (χ2v) is 3.18. The van der Waals surface area contributed by atoms with Crippen LogP contribution in [0, 0.1) is 0 Å². The van der Waals surface area contributed by atoms with Crippen molar-refractivity contribution in [2.45, 2.75) is 19.5 Å². The number of aliphatic hydroxyl groups is 1. The zero-order chi connectivity index (χ0) is 9.26. The third-order valence-electron chi connectivity index (χ3n) is 2.33. The van der Waals surface area contributed by atoms with Crippen molar-refractivity contribution < 1.29 is 5.11 Å². The molecule has 1 aliphatic heterocycles. The molecule has 2 rings (SSSR count). The summed E-state index contributed by atoms with van der Waals surface area (Å²) in [5.74, 6) is 0.713. The number of hydrogen-bond donors (Lipinski definition) is 3. The van der Waals surface area contributed by atoms with E-state index in [2.05, 4.69) is 10.4 Å². The normalized spacial score (nSPS) is 15.8. The second kappa shape index (κ2) is 3.35. The zero-order valence-electron chi connectivity index (χ0n) is 7.45. The van der Waals surface area contributed by atoms with Crippen molar-refractivity contribution in [3.05, 3.63) is 11.3 Å². The van der Waals surface area contributed by atoms with Crippen LogP contribution in [-0.2, 0) is 19.5 Å². The molecule has 13 heavy (non-hydrogen) atoms. The SMILES string of the molecule is Nc1c2c(nn1CCO)CNCC2. The van der Waals surface area contributed by atoms with Crippen LogP contribution in [0.25, 0.3) is 0 Å². The molecule has 0 aliphatic carbocycles. The van der Waals surface area contributed by atoms with Crippen molar-refractivity contribution >= 4 is 5.82 Å².